The zero-order valence-corrected chi connectivity index (χ0v) is 9.19. The zero-order valence-electron chi connectivity index (χ0n) is 9.19. The summed E-state index contributed by atoms with van der Waals surface area (Å²) in [6.45, 7) is -0.114. The van der Waals surface area contributed by atoms with Crippen molar-refractivity contribution in [2.24, 2.45) is 17.4 Å². The van der Waals surface area contributed by atoms with E-state index in [1.165, 1.54) is 0 Å². The van der Waals surface area contributed by atoms with Gasteiger partial charge in [0.2, 0.25) is 11.8 Å². The molecule has 6 heteroatoms. The van der Waals surface area contributed by atoms with Gasteiger partial charge in [-0.05, 0) is 25.7 Å². The van der Waals surface area contributed by atoms with Crippen LogP contribution in [0, 0.1) is 5.92 Å². The smallest absolute Gasteiger partial charge is 0.248 e. The Kier molecular flexibility index (Phi) is 4.70. The fourth-order valence-electron chi connectivity index (χ4n) is 1.82. The number of hydrogen-bond acceptors (Lipinski definition) is 4. The number of amides is 2. The molecule has 1 saturated carbocycles. The van der Waals surface area contributed by atoms with Gasteiger partial charge in [-0.2, -0.15) is 0 Å². The Bertz CT molecular complexity index is 262. The summed E-state index contributed by atoms with van der Waals surface area (Å²) in [5, 5.41) is 11.6. The first-order chi connectivity index (χ1) is 7.50. The largest absolute Gasteiger partial charge is 0.381 e. The van der Waals surface area contributed by atoms with Gasteiger partial charge in [-0.15, -0.1) is 0 Å². The second-order valence-corrected chi connectivity index (χ2v) is 4.28. The number of rotatable bonds is 4. The molecule has 0 aromatic rings. The SMILES string of the molecule is NC(=O)C(O)CNC(=O)C1CCC(N)CC1. The maximum Gasteiger partial charge on any atom is 0.248 e. The minimum atomic E-state index is -1.31. The van der Waals surface area contributed by atoms with Crippen LogP contribution in [0.25, 0.3) is 0 Å². The molecule has 0 saturated heterocycles. The number of primary amides is 1. The van der Waals surface area contributed by atoms with E-state index in [0.29, 0.717) is 0 Å². The third kappa shape index (κ3) is 3.79. The zero-order chi connectivity index (χ0) is 12.1. The standard InChI is InChI=1S/C10H19N3O3/c11-7-3-1-6(2-4-7)10(16)13-5-8(14)9(12)15/h6-8,14H,1-5,11H2,(H2,12,15)(H,13,16). The average molecular weight is 229 g/mol. The highest BCUT2D eigenvalue weighted by atomic mass is 16.3. The molecular formula is C10H19N3O3. The molecule has 1 aliphatic rings. The van der Waals surface area contributed by atoms with Crippen molar-refractivity contribution in [3.63, 3.8) is 0 Å². The van der Waals surface area contributed by atoms with Crippen molar-refractivity contribution in [2.75, 3.05) is 6.54 Å². The molecule has 1 fully saturated rings. The number of nitrogens with one attached hydrogen (secondary N) is 1. The van der Waals surface area contributed by atoms with E-state index in [1.807, 2.05) is 0 Å². The Labute approximate surface area is 94.4 Å². The molecule has 92 valence electrons. The van der Waals surface area contributed by atoms with Crippen molar-refractivity contribution in [1.82, 2.24) is 5.32 Å². The van der Waals surface area contributed by atoms with Crippen molar-refractivity contribution in [2.45, 2.75) is 37.8 Å². The number of carbonyl (C=O) groups excluding carboxylic acids is 2. The molecule has 2 amide bonds. The predicted octanol–water partition coefficient (Wildman–Crippen LogP) is -1.53. The molecule has 1 unspecified atom stereocenters. The highest BCUT2D eigenvalue weighted by Crippen LogP contribution is 2.22. The summed E-state index contributed by atoms with van der Waals surface area (Å²) >= 11 is 0. The molecule has 0 aromatic carbocycles. The highest BCUT2D eigenvalue weighted by molar-refractivity contribution is 5.82. The fourth-order valence-corrected chi connectivity index (χ4v) is 1.82. The van der Waals surface area contributed by atoms with Gasteiger partial charge in [0.25, 0.3) is 0 Å². The molecular weight excluding hydrogens is 210 g/mol. The van der Waals surface area contributed by atoms with Crippen LogP contribution in [0.5, 0.6) is 0 Å². The molecule has 0 heterocycles. The maximum absolute atomic E-state index is 11.6. The summed E-state index contributed by atoms with van der Waals surface area (Å²) in [5.74, 6) is -1.02. The van der Waals surface area contributed by atoms with Crippen molar-refractivity contribution < 1.29 is 14.7 Å². The number of hydrogen-bond donors (Lipinski definition) is 4. The van der Waals surface area contributed by atoms with Crippen molar-refractivity contribution in [1.29, 1.82) is 0 Å². The monoisotopic (exact) mass is 229 g/mol. The van der Waals surface area contributed by atoms with E-state index in [2.05, 4.69) is 5.32 Å². The van der Waals surface area contributed by atoms with Crippen LogP contribution >= 0.6 is 0 Å². The summed E-state index contributed by atoms with van der Waals surface area (Å²) in [6.07, 6.45) is 1.90. The van der Waals surface area contributed by atoms with Gasteiger partial charge in [0.05, 0.1) is 6.54 Å². The molecule has 6 nitrogen and oxygen atoms in total. The van der Waals surface area contributed by atoms with E-state index >= 15 is 0 Å². The fraction of sp³-hybridized carbons (Fsp3) is 0.800. The lowest BCUT2D eigenvalue weighted by atomic mass is 9.86. The minimum absolute atomic E-state index is 0.0557. The molecule has 0 spiro atoms. The lowest BCUT2D eigenvalue weighted by molar-refractivity contribution is -0.128. The van der Waals surface area contributed by atoms with E-state index in [0.717, 1.165) is 25.7 Å². The Morgan fingerprint density at radius 2 is 1.88 bits per heavy atom. The van der Waals surface area contributed by atoms with Gasteiger partial charge in [-0.3, -0.25) is 9.59 Å². The first-order valence-electron chi connectivity index (χ1n) is 5.51. The number of aliphatic hydroxyl groups is 1. The van der Waals surface area contributed by atoms with E-state index in [-0.39, 0.29) is 24.4 Å². The van der Waals surface area contributed by atoms with Crippen LogP contribution in [0.15, 0.2) is 0 Å². The molecule has 0 aromatic heterocycles. The Morgan fingerprint density at radius 3 is 2.38 bits per heavy atom. The van der Waals surface area contributed by atoms with Gasteiger partial charge in [0.1, 0.15) is 6.10 Å². The minimum Gasteiger partial charge on any atom is -0.381 e. The van der Waals surface area contributed by atoms with E-state index in [1.54, 1.807) is 0 Å². The van der Waals surface area contributed by atoms with Gasteiger partial charge < -0.3 is 21.9 Å². The van der Waals surface area contributed by atoms with Gasteiger partial charge in [-0.25, -0.2) is 0 Å². The second-order valence-electron chi connectivity index (χ2n) is 4.28. The summed E-state index contributed by atoms with van der Waals surface area (Å²) in [5.41, 5.74) is 10.6. The van der Waals surface area contributed by atoms with Crippen LogP contribution in [0.1, 0.15) is 25.7 Å². The Morgan fingerprint density at radius 1 is 1.31 bits per heavy atom. The Hall–Kier alpha value is -1.14. The second kappa shape index (κ2) is 5.81. The van der Waals surface area contributed by atoms with Gasteiger partial charge in [0, 0.05) is 12.0 Å². The Balaban J connectivity index is 2.27. The maximum atomic E-state index is 11.6. The number of nitrogens with two attached hydrogens (primary N) is 2. The number of aliphatic hydroxyl groups excluding tert-OH is 1. The van der Waals surface area contributed by atoms with Crippen LogP contribution in [-0.4, -0.2) is 35.6 Å². The number of carbonyl (C=O) groups is 2. The normalized spacial score (nSPS) is 27.1. The quantitative estimate of drug-likeness (QED) is 0.467. The van der Waals surface area contributed by atoms with Crippen LogP contribution in [0.2, 0.25) is 0 Å². The van der Waals surface area contributed by atoms with E-state index in [4.69, 9.17) is 16.6 Å². The first-order valence-corrected chi connectivity index (χ1v) is 5.51. The molecule has 1 rings (SSSR count). The van der Waals surface area contributed by atoms with E-state index < -0.39 is 12.0 Å². The predicted molar refractivity (Wildman–Crippen MR) is 58.1 cm³/mol. The molecule has 0 bridgehead atoms. The molecule has 1 aliphatic carbocycles. The lowest BCUT2D eigenvalue weighted by Crippen LogP contribution is -2.43. The van der Waals surface area contributed by atoms with Crippen LogP contribution in [0.3, 0.4) is 0 Å². The molecule has 0 radical (unpaired) electrons. The van der Waals surface area contributed by atoms with E-state index in [9.17, 15) is 9.59 Å². The molecule has 0 aliphatic heterocycles. The summed E-state index contributed by atoms with van der Waals surface area (Å²) in [7, 11) is 0. The van der Waals surface area contributed by atoms with Crippen LogP contribution in [0.4, 0.5) is 0 Å². The highest BCUT2D eigenvalue weighted by Gasteiger charge is 2.25. The lowest BCUT2D eigenvalue weighted by Gasteiger charge is -2.25. The van der Waals surface area contributed by atoms with Crippen molar-refractivity contribution >= 4 is 11.8 Å². The first kappa shape index (κ1) is 12.9. The summed E-state index contributed by atoms with van der Waals surface area (Å²) < 4.78 is 0. The van der Waals surface area contributed by atoms with Crippen LogP contribution in [-0.2, 0) is 9.59 Å². The summed E-state index contributed by atoms with van der Waals surface area (Å²) in [6, 6.07) is 0.195. The average Bonchev–Trinajstić information content (AvgIpc) is 2.26. The molecule has 6 N–H and O–H groups in total. The van der Waals surface area contributed by atoms with Gasteiger partial charge >= 0.3 is 0 Å². The van der Waals surface area contributed by atoms with Crippen molar-refractivity contribution in [3.8, 4) is 0 Å². The van der Waals surface area contributed by atoms with Crippen molar-refractivity contribution in [3.05, 3.63) is 0 Å². The third-order valence-corrected chi connectivity index (χ3v) is 2.94. The molecule has 1 atom stereocenters. The van der Waals surface area contributed by atoms with Gasteiger partial charge in [0.15, 0.2) is 0 Å². The third-order valence-electron chi connectivity index (χ3n) is 2.94. The van der Waals surface area contributed by atoms with Crippen LogP contribution < -0.4 is 16.8 Å². The summed E-state index contributed by atoms with van der Waals surface area (Å²) in [4.78, 5) is 22.2. The molecule has 16 heavy (non-hydrogen) atoms. The topological polar surface area (TPSA) is 118 Å². The van der Waals surface area contributed by atoms with Gasteiger partial charge in [-0.1, -0.05) is 0 Å².